The van der Waals surface area contributed by atoms with Gasteiger partial charge in [0, 0.05) is 25.7 Å². The first kappa shape index (κ1) is 86.1. The van der Waals surface area contributed by atoms with Crippen LogP contribution >= 0.6 is 15.6 Å². The molecular weight excluding hydrogens is 1160 g/mol. The Labute approximate surface area is 537 Å². The maximum absolute atomic E-state index is 13.0. The molecule has 522 valence electrons. The minimum absolute atomic E-state index is 0.102. The molecule has 0 aromatic rings. The zero-order chi connectivity index (χ0) is 65.4. The van der Waals surface area contributed by atoms with Gasteiger partial charge in [-0.2, -0.15) is 0 Å². The Morgan fingerprint density at radius 1 is 0.284 bits per heavy atom. The SMILES string of the molecule is CC(C)CCCCCCCCCCCCCCC(=O)OC[C@H](COP(=O)(O)OCC(O)COP(=O)(O)OC[C@@H](COC(=O)CCCCCCCCCCC(C)C)OC(=O)CCCCCCCCCCCCC(C)C)OC(=O)CCCCCCCCC(C)C. The number of rotatable bonds is 66. The standard InChI is InChI=1S/C69H134O17P2/c1-59(2)45-37-29-21-15-11-9-10-12-17-24-33-41-49-66(71)79-56-65(86-69(74)52-44-36-28-27-32-40-48-62(7)8)58-84-88(77,78)82-54-63(70)53-81-87(75,76)83-57-64(55-80-67(72)50-42-34-25-20-19-23-31-39-47-61(5)6)85-68(73)51-43-35-26-18-14-13-16-22-30-38-46-60(3)4/h59-65,70H,9-58H2,1-8H3,(H,75,76)(H,77,78)/t63?,64-,65-/m1/s1. The maximum Gasteiger partial charge on any atom is 0.472 e. The number of phosphoric acid groups is 2. The van der Waals surface area contributed by atoms with Gasteiger partial charge in [-0.25, -0.2) is 9.13 Å². The van der Waals surface area contributed by atoms with Gasteiger partial charge < -0.3 is 33.8 Å². The predicted molar refractivity (Wildman–Crippen MR) is 354 cm³/mol. The largest absolute Gasteiger partial charge is 0.472 e. The van der Waals surface area contributed by atoms with Gasteiger partial charge in [0.15, 0.2) is 12.2 Å². The average Bonchev–Trinajstić information content (AvgIpc) is 3.54. The van der Waals surface area contributed by atoms with E-state index >= 15 is 0 Å². The molecule has 0 aliphatic heterocycles. The third-order valence-electron chi connectivity index (χ3n) is 15.8. The fraction of sp³-hybridized carbons (Fsp3) is 0.942. The summed E-state index contributed by atoms with van der Waals surface area (Å²) in [6, 6.07) is 0. The summed E-state index contributed by atoms with van der Waals surface area (Å²) in [5.74, 6) is 0.795. The van der Waals surface area contributed by atoms with E-state index in [9.17, 15) is 43.2 Å². The molecule has 0 aromatic heterocycles. The first-order valence-electron chi connectivity index (χ1n) is 35.7. The van der Waals surface area contributed by atoms with Crippen LogP contribution in [-0.2, 0) is 65.4 Å². The third-order valence-corrected chi connectivity index (χ3v) is 17.7. The Morgan fingerprint density at radius 2 is 0.477 bits per heavy atom. The smallest absolute Gasteiger partial charge is 0.462 e. The number of unbranched alkanes of at least 4 members (excludes halogenated alkanes) is 32. The molecule has 0 radical (unpaired) electrons. The van der Waals surface area contributed by atoms with Crippen molar-refractivity contribution in [3.8, 4) is 0 Å². The Balaban J connectivity index is 5.22. The number of aliphatic hydroxyl groups is 1. The molecule has 0 saturated carbocycles. The van der Waals surface area contributed by atoms with Crippen LogP contribution in [0.15, 0.2) is 0 Å². The second-order valence-electron chi connectivity index (χ2n) is 26.8. The minimum atomic E-state index is -4.95. The van der Waals surface area contributed by atoms with Crippen LogP contribution in [0.2, 0.25) is 0 Å². The highest BCUT2D eigenvalue weighted by molar-refractivity contribution is 7.47. The lowest BCUT2D eigenvalue weighted by Crippen LogP contribution is -2.30. The van der Waals surface area contributed by atoms with Crippen LogP contribution in [0, 0.1) is 23.7 Å². The van der Waals surface area contributed by atoms with Gasteiger partial charge in [-0.3, -0.25) is 37.3 Å². The summed E-state index contributed by atoms with van der Waals surface area (Å²) in [6.45, 7) is 14.0. The molecule has 0 fully saturated rings. The van der Waals surface area contributed by atoms with Crippen molar-refractivity contribution >= 4 is 39.5 Å². The number of carbonyl (C=O) groups is 4. The molecule has 88 heavy (non-hydrogen) atoms. The van der Waals surface area contributed by atoms with Crippen molar-refractivity contribution < 1.29 is 80.2 Å². The zero-order valence-corrected chi connectivity index (χ0v) is 59.1. The van der Waals surface area contributed by atoms with E-state index in [1.165, 1.54) is 141 Å². The summed E-state index contributed by atoms with van der Waals surface area (Å²) in [5, 5.41) is 10.6. The van der Waals surface area contributed by atoms with Crippen molar-refractivity contribution in [3.63, 3.8) is 0 Å². The molecule has 0 aliphatic carbocycles. The molecule has 0 heterocycles. The van der Waals surface area contributed by atoms with Crippen LogP contribution in [-0.4, -0.2) is 96.7 Å². The van der Waals surface area contributed by atoms with E-state index in [2.05, 4.69) is 55.4 Å². The van der Waals surface area contributed by atoms with E-state index in [0.29, 0.717) is 31.6 Å². The van der Waals surface area contributed by atoms with Gasteiger partial charge in [0.05, 0.1) is 26.4 Å². The highest BCUT2D eigenvalue weighted by Crippen LogP contribution is 2.45. The van der Waals surface area contributed by atoms with Gasteiger partial charge >= 0.3 is 39.5 Å². The molecule has 19 heteroatoms. The molecular formula is C69H134O17P2. The summed E-state index contributed by atoms with van der Waals surface area (Å²) in [7, 11) is -9.90. The van der Waals surface area contributed by atoms with Crippen molar-refractivity contribution in [1.82, 2.24) is 0 Å². The van der Waals surface area contributed by atoms with Crippen molar-refractivity contribution in [2.75, 3.05) is 39.6 Å². The zero-order valence-electron chi connectivity index (χ0n) is 57.3. The van der Waals surface area contributed by atoms with Gasteiger partial charge in [-0.1, -0.05) is 287 Å². The Hall–Kier alpha value is -1.94. The van der Waals surface area contributed by atoms with Crippen LogP contribution in [0.4, 0.5) is 0 Å². The normalized spacial score (nSPS) is 14.3. The fourth-order valence-corrected chi connectivity index (χ4v) is 11.9. The lowest BCUT2D eigenvalue weighted by atomic mass is 10.0. The number of ether oxygens (including phenoxy) is 4. The second kappa shape index (κ2) is 58.8. The molecule has 0 rings (SSSR count). The molecule has 5 atom stereocenters. The number of phosphoric ester groups is 2. The fourth-order valence-electron chi connectivity index (χ4n) is 10.3. The van der Waals surface area contributed by atoms with E-state index in [-0.39, 0.29) is 25.7 Å². The Bertz CT molecular complexity index is 1750. The molecule has 3 N–H and O–H groups in total. The van der Waals surface area contributed by atoms with Gasteiger partial charge in [-0.05, 0) is 49.4 Å². The molecule has 0 spiro atoms. The molecule has 0 saturated heterocycles. The van der Waals surface area contributed by atoms with E-state index in [1.54, 1.807) is 0 Å². The van der Waals surface area contributed by atoms with Gasteiger partial charge in [-0.15, -0.1) is 0 Å². The van der Waals surface area contributed by atoms with Crippen LogP contribution in [0.25, 0.3) is 0 Å². The van der Waals surface area contributed by atoms with E-state index in [0.717, 1.165) is 108 Å². The highest BCUT2D eigenvalue weighted by Gasteiger charge is 2.30. The van der Waals surface area contributed by atoms with E-state index in [4.69, 9.17) is 37.0 Å². The number of esters is 4. The van der Waals surface area contributed by atoms with E-state index < -0.39 is 97.5 Å². The number of hydrogen-bond donors (Lipinski definition) is 3. The lowest BCUT2D eigenvalue weighted by molar-refractivity contribution is -0.161. The summed E-state index contributed by atoms with van der Waals surface area (Å²) in [6.07, 6.45) is 40.5. The van der Waals surface area contributed by atoms with Crippen LogP contribution in [0.5, 0.6) is 0 Å². The van der Waals surface area contributed by atoms with Crippen molar-refractivity contribution in [3.05, 3.63) is 0 Å². The lowest BCUT2D eigenvalue weighted by Gasteiger charge is -2.21. The summed E-state index contributed by atoms with van der Waals surface area (Å²) in [4.78, 5) is 72.4. The highest BCUT2D eigenvalue weighted by atomic mass is 31.2. The minimum Gasteiger partial charge on any atom is -0.462 e. The molecule has 0 bridgehead atoms. The van der Waals surface area contributed by atoms with Crippen molar-refractivity contribution in [2.45, 2.75) is 356 Å². The molecule has 0 aromatic carbocycles. The summed E-state index contributed by atoms with van der Waals surface area (Å²) in [5.41, 5.74) is 0. The number of carbonyl (C=O) groups excluding carboxylic acids is 4. The Morgan fingerprint density at radius 3 is 0.705 bits per heavy atom. The Kier molecular flexibility index (Phi) is 57.6. The first-order valence-corrected chi connectivity index (χ1v) is 38.7. The van der Waals surface area contributed by atoms with E-state index in [1.807, 2.05) is 0 Å². The predicted octanol–water partition coefficient (Wildman–Crippen LogP) is 19.3. The van der Waals surface area contributed by atoms with Crippen molar-refractivity contribution in [2.24, 2.45) is 23.7 Å². The maximum atomic E-state index is 13.0. The summed E-state index contributed by atoms with van der Waals surface area (Å²) >= 11 is 0. The number of aliphatic hydroxyl groups excluding tert-OH is 1. The molecule has 0 aliphatic rings. The third kappa shape index (κ3) is 62.8. The monoisotopic (exact) mass is 1300 g/mol. The first-order chi connectivity index (χ1) is 42.1. The van der Waals surface area contributed by atoms with Crippen molar-refractivity contribution in [1.29, 1.82) is 0 Å². The topological polar surface area (TPSA) is 237 Å². The van der Waals surface area contributed by atoms with Crippen LogP contribution < -0.4 is 0 Å². The van der Waals surface area contributed by atoms with Gasteiger partial charge in [0.1, 0.15) is 19.3 Å². The second-order valence-corrected chi connectivity index (χ2v) is 29.7. The average molecular weight is 1300 g/mol. The van der Waals surface area contributed by atoms with Crippen LogP contribution in [0.3, 0.4) is 0 Å². The van der Waals surface area contributed by atoms with Crippen LogP contribution in [0.1, 0.15) is 338 Å². The summed E-state index contributed by atoms with van der Waals surface area (Å²) < 4.78 is 68.2. The number of hydrogen-bond acceptors (Lipinski definition) is 15. The quantitative estimate of drug-likeness (QED) is 0.0222. The molecule has 17 nitrogen and oxygen atoms in total. The van der Waals surface area contributed by atoms with Gasteiger partial charge in [0.2, 0.25) is 0 Å². The van der Waals surface area contributed by atoms with Gasteiger partial charge in [0.25, 0.3) is 0 Å². The molecule has 0 amide bonds. The molecule has 3 unspecified atom stereocenters.